The van der Waals surface area contributed by atoms with Crippen molar-refractivity contribution < 1.29 is 22.8 Å². The number of piperidine rings is 2. The van der Waals surface area contributed by atoms with E-state index >= 15 is 0 Å². The van der Waals surface area contributed by atoms with Crippen LogP contribution in [0.2, 0.25) is 0 Å². The molecule has 4 rings (SSSR count). The topological polar surface area (TPSA) is 61.4 Å². The van der Waals surface area contributed by atoms with E-state index in [1.807, 2.05) is 0 Å². The van der Waals surface area contributed by atoms with E-state index in [9.17, 15) is 22.8 Å². The maximum atomic E-state index is 13.2. The Bertz CT molecular complexity index is 749. The lowest BCUT2D eigenvalue weighted by Gasteiger charge is -2.48. The number of carbonyl (C=O) groups is 2. The van der Waals surface area contributed by atoms with E-state index in [0.717, 1.165) is 38.2 Å². The van der Waals surface area contributed by atoms with Gasteiger partial charge in [0.25, 0.3) is 0 Å². The monoisotopic (exact) mass is 395 g/mol. The van der Waals surface area contributed by atoms with Gasteiger partial charge in [0, 0.05) is 24.0 Å². The minimum Gasteiger partial charge on any atom is -0.353 e. The number of nitrogens with zero attached hydrogens (tertiary/aromatic N) is 1. The second kappa shape index (κ2) is 7.29. The highest BCUT2D eigenvalue weighted by molar-refractivity contribution is 5.91. The summed E-state index contributed by atoms with van der Waals surface area (Å²) in [7, 11) is 0. The number of amides is 3. The number of halogens is 3. The molecule has 152 valence electrons. The van der Waals surface area contributed by atoms with Crippen LogP contribution in [0.3, 0.4) is 0 Å². The zero-order chi connectivity index (χ0) is 19.9. The Labute approximate surface area is 161 Å². The zero-order valence-corrected chi connectivity index (χ0v) is 15.5. The number of benzene rings is 1. The molecule has 0 unspecified atom stereocenters. The van der Waals surface area contributed by atoms with E-state index in [4.69, 9.17) is 0 Å². The normalized spacial score (nSPS) is 27.2. The molecule has 0 spiro atoms. The Balaban J connectivity index is 1.46. The summed E-state index contributed by atoms with van der Waals surface area (Å²) < 4.78 is 39.6. The first-order chi connectivity index (χ1) is 13.3. The summed E-state index contributed by atoms with van der Waals surface area (Å²) in [5, 5.41) is 5.58. The van der Waals surface area contributed by atoms with Crippen LogP contribution in [0, 0.1) is 5.92 Å². The van der Waals surface area contributed by atoms with Crippen LogP contribution in [0.25, 0.3) is 0 Å². The van der Waals surface area contributed by atoms with E-state index in [-0.39, 0.29) is 35.6 Å². The molecule has 2 heterocycles. The predicted molar refractivity (Wildman–Crippen MR) is 97.6 cm³/mol. The fourth-order valence-corrected chi connectivity index (χ4v) is 4.51. The van der Waals surface area contributed by atoms with E-state index in [0.29, 0.717) is 12.8 Å². The second-order valence-corrected chi connectivity index (χ2v) is 8.07. The van der Waals surface area contributed by atoms with Crippen molar-refractivity contribution in [1.29, 1.82) is 0 Å². The van der Waals surface area contributed by atoms with Crippen molar-refractivity contribution in [2.45, 2.75) is 69.2 Å². The third-order valence-electron chi connectivity index (χ3n) is 5.98. The van der Waals surface area contributed by atoms with Crippen LogP contribution < -0.4 is 10.6 Å². The van der Waals surface area contributed by atoms with Crippen LogP contribution in [0.4, 0.5) is 23.7 Å². The molecule has 3 amide bonds. The predicted octanol–water partition coefficient (Wildman–Crippen LogP) is 4.15. The van der Waals surface area contributed by atoms with Gasteiger partial charge in [0.2, 0.25) is 5.91 Å². The lowest BCUT2D eigenvalue weighted by molar-refractivity contribution is -0.137. The van der Waals surface area contributed by atoms with Crippen LogP contribution in [-0.2, 0) is 11.0 Å². The molecule has 1 aromatic rings. The smallest absolute Gasteiger partial charge is 0.353 e. The van der Waals surface area contributed by atoms with Gasteiger partial charge in [-0.2, -0.15) is 13.2 Å². The van der Waals surface area contributed by atoms with Crippen molar-refractivity contribution in [3.05, 3.63) is 29.8 Å². The average molecular weight is 395 g/mol. The maximum Gasteiger partial charge on any atom is 0.418 e. The summed E-state index contributed by atoms with van der Waals surface area (Å²) in [5.41, 5.74) is -1.07. The summed E-state index contributed by atoms with van der Waals surface area (Å²) in [6, 6.07) is 4.46. The van der Waals surface area contributed by atoms with Crippen molar-refractivity contribution in [1.82, 2.24) is 10.2 Å². The molecule has 3 aliphatic rings. The Morgan fingerprint density at radius 2 is 1.64 bits per heavy atom. The highest BCUT2D eigenvalue weighted by Gasteiger charge is 2.43. The molecular weight excluding hydrogens is 371 g/mol. The Hall–Kier alpha value is -2.25. The third kappa shape index (κ3) is 3.95. The summed E-state index contributed by atoms with van der Waals surface area (Å²) in [6.45, 7) is 0. The van der Waals surface area contributed by atoms with Crippen LogP contribution in [0.5, 0.6) is 0 Å². The number of fused-ring (bicyclic) bond motifs is 2. The molecule has 2 aliphatic heterocycles. The van der Waals surface area contributed by atoms with Crippen LogP contribution in [0.1, 0.15) is 50.5 Å². The Kier molecular flexibility index (Phi) is 4.97. The van der Waals surface area contributed by atoms with Crippen molar-refractivity contribution in [2.75, 3.05) is 5.32 Å². The summed E-state index contributed by atoms with van der Waals surface area (Å²) in [4.78, 5) is 26.6. The number of urea groups is 1. The molecule has 0 aromatic heterocycles. The van der Waals surface area contributed by atoms with Gasteiger partial charge in [0.05, 0.1) is 11.3 Å². The first-order valence-electron chi connectivity index (χ1n) is 9.89. The number of hydrogen-bond acceptors (Lipinski definition) is 2. The number of rotatable bonds is 3. The molecule has 1 aromatic carbocycles. The van der Waals surface area contributed by atoms with Gasteiger partial charge < -0.3 is 15.5 Å². The largest absolute Gasteiger partial charge is 0.418 e. The molecule has 5 nitrogen and oxygen atoms in total. The maximum absolute atomic E-state index is 13.2. The molecule has 0 radical (unpaired) electrons. The first-order valence-corrected chi connectivity index (χ1v) is 9.89. The minimum atomic E-state index is -4.53. The van der Waals surface area contributed by atoms with Crippen LogP contribution >= 0.6 is 0 Å². The number of anilines is 1. The Morgan fingerprint density at radius 1 is 1.00 bits per heavy atom. The number of nitrogens with one attached hydrogen (secondary N) is 2. The van der Waals surface area contributed by atoms with Gasteiger partial charge in [0.15, 0.2) is 0 Å². The molecule has 28 heavy (non-hydrogen) atoms. The Morgan fingerprint density at radius 3 is 2.25 bits per heavy atom. The summed E-state index contributed by atoms with van der Waals surface area (Å²) in [5.74, 6) is 0.236. The van der Waals surface area contributed by atoms with E-state index in [1.165, 1.54) is 18.2 Å². The van der Waals surface area contributed by atoms with Gasteiger partial charge in [-0.3, -0.25) is 4.79 Å². The molecule has 8 heteroatoms. The van der Waals surface area contributed by atoms with Crippen molar-refractivity contribution in [2.24, 2.45) is 5.92 Å². The van der Waals surface area contributed by atoms with Gasteiger partial charge in [-0.25, -0.2) is 4.79 Å². The number of alkyl halides is 3. The highest BCUT2D eigenvalue weighted by Crippen LogP contribution is 2.38. The van der Waals surface area contributed by atoms with Crippen molar-refractivity contribution in [3.8, 4) is 0 Å². The van der Waals surface area contributed by atoms with Gasteiger partial charge in [-0.15, -0.1) is 0 Å². The van der Waals surface area contributed by atoms with Crippen LogP contribution in [0.15, 0.2) is 24.3 Å². The van der Waals surface area contributed by atoms with Gasteiger partial charge in [-0.1, -0.05) is 12.1 Å². The second-order valence-electron chi connectivity index (χ2n) is 8.07. The number of hydrogen-bond donors (Lipinski definition) is 2. The molecule has 1 aliphatic carbocycles. The standard InChI is InChI=1S/C20H24F3N3O2/c21-20(22,23)16-6-1-2-7-17(16)25-19(28)26-14-4-3-5-15(26)11-13(10-14)24-18(27)12-8-9-12/h1-2,6-7,12-15H,3-5,8-11H2,(H,24,27)(H,25,28)/t14-,15-/m1/s1. The fourth-order valence-electron chi connectivity index (χ4n) is 4.51. The molecule has 1 saturated carbocycles. The third-order valence-corrected chi connectivity index (χ3v) is 5.98. The molecule has 2 bridgehead atoms. The van der Waals surface area contributed by atoms with Crippen molar-refractivity contribution >= 4 is 17.6 Å². The molecule has 3 fully saturated rings. The molecular formula is C20H24F3N3O2. The molecule has 2 N–H and O–H groups in total. The van der Waals surface area contributed by atoms with E-state index in [1.54, 1.807) is 4.90 Å². The number of carbonyl (C=O) groups excluding carboxylic acids is 2. The fraction of sp³-hybridized carbons (Fsp3) is 0.600. The van der Waals surface area contributed by atoms with Gasteiger partial charge in [0.1, 0.15) is 0 Å². The van der Waals surface area contributed by atoms with Crippen LogP contribution in [-0.4, -0.2) is 35.0 Å². The quantitative estimate of drug-likeness (QED) is 0.808. The molecule has 2 atom stereocenters. The van der Waals surface area contributed by atoms with Gasteiger partial charge >= 0.3 is 12.2 Å². The van der Waals surface area contributed by atoms with E-state index < -0.39 is 17.8 Å². The first kappa shape index (κ1) is 19.1. The summed E-state index contributed by atoms with van der Waals surface area (Å²) >= 11 is 0. The highest BCUT2D eigenvalue weighted by atomic mass is 19.4. The van der Waals surface area contributed by atoms with Crippen molar-refractivity contribution in [3.63, 3.8) is 0 Å². The lowest BCUT2D eigenvalue weighted by Crippen LogP contribution is -2.59. The zero-order valence-electron chi connectivity index (χ0n) is 15.5. The SMILES string of the molecule is O=C(NC1C[C@H]2CCC[C@H](C1)N2C(=O)Nc1ccccc1C(F)(F)F)C1CC1. The number of para-hydroxylation sites is 1. The minimum absolute atomic E-state index is 0.0370. The van der Waals surface area contributed by atoms with Gasteiger partial charge in [-0.05, 0) is 57.1 Å². The summed E-state index contributed by atoms with van der Waals surface area (Å²) in [6.07, 6.45) is 1.27. The average Bonchev–Trinajstić information content (AvgIpc) is 3.45. The van der Waals surface area contributed by atoms with E-state index in [2.05, 4.69) is 10.6 Å². The molecule has 2 saturated heterocycles. The lowest BCUT2D eigenvalue weighted by atomic mass is 9.82.